The van der Waals surface area contributed by atoms with Gasteiger partial charge in [-0.25, -0.2) is 4.98 Å². The van der Waals surface area contributed by atoms with E-state index < -0.39 is 10.8 Å². The highest BCUT2D eigenvalue weighted by Crippen LogP contribution is 2.27. The second kappa shape index (κ2) is 9.80. The first-order valence-electron chi connectivity index (χ1n) is 9.83. The molecule has 0 radical (unpaired) electrons. The van der Waals surface area contributed by atoms with Crippen LogP contribution in [0.1, 0.15) is 15.9 Å². The molecule has 0 aliphatic rings. The molecule has 1 aromatic heterocycles. The molecule has 0 bridgehead atoms. The number of nitro benzene ring substituents is 1. The Labute approximate surface area is 197 Å². The molecule has 1 heterocycles. The standard InChI is InChI=1S/C23H18N4O4S2/c1-14-8-9-19-20(10-14)33-23(25-19)26-21(28)13-32-18-7-3-5-16(12-18)24-22(29)15-4-2-6-17(11-15)27(30)31/h2-12H,13H2,1H3,(H,24,29)(H,25,26,28). The normalized spacial score (nSPS) is 10.7. The number of rotatable bonds is 7. The van der Waals surface area contributed by atoms with E-state index in [9.17, 15) is 19.7 Å². The minimum absolute atomic E-state index is 0.152. The molecule has 10 heteroatoms. The average Bonchev–Trinajstić information content (AvgIpc) is 3.19. The first-order valence-corrected chi connectivity index (χ1v) is 11.6. The third-order valence-electron chi connectivity index (χ3n) is 4.57. The summed E-state index contributed by atoms with van der Waals surface area (Å²) in [6, 6.07) is 18.5. The maximum absolute atomic E-state index is 12.5. The zero-order chi connectivity index (χ0) is 23.4. The van der Waals surface area contributed by atoms with Gasteiger partial charge >= 0.3 is 0 Å². The number of hydrogen-bond acceptors (Lipinski definition) is 7. The predicted octanol–water partition coefficient (Wildman–Crippen LogP) is 5.50. The summed E-state index contributed by atoms with van der Waals surface area (Å²) in [5.74, 6) is -0.455. The van der Waals surface area contributed by atoms with E-state index >= 15 is 0 Å². The molecule has 2 N–H and O–H groups in total. The number of non-ortho nitro benzene ring substituents is 1. The van der Waals surface area contributed by atoms with Crippen molar-refractivity contribution in [1.29, 1.82) is 0 Å². The van der Waals surface area contributed by atoms with Crippen LogP contribution >= 0.6 is 23.1 Å². The molecular weight excluding hydrogens is 460 g/mol. The Morgan fingerprint density at radius 2 is 1.88 bits per heavy atom. The van der Waals surface area contributed by atoms with Crippen LogP contribution in [0.4, 0.5) is 16.5 Å². The molecule has 0 aliphatic heterocycles. The topological polar surface area (TPSA) is 114 Å². The van der Waals surface area contributed by atoms with Crippen LogP contribution in [-0.2, 0) is 4.79 Å². The molecule has 3 aromatic carbocycles. The molecule has 4 rings (SSSR count). The quantitative estimate of drug-likeness (QED) is 0.206. The molecule has 0 atom stereocenters. The van der Waals surface area contributed by atoms with E-state index in [-0.39, 0.29) is 22.9 Å². The molecule has 2 amide bonds. The fraction of sp³-hybridized carbons (Fsp3) is 0.0870. The van der Waals surface area contributed by atoms with E-state index in [1.54, 1.807) is 18.2 Å². The van der Waals surface area contributed by atoms with Crippen LogP contribution in [-0.4, -0.2) is 27.5 Å². The predicted molar refractivity (Wildman–Crippen MR) is 131 cm³/mol. The molecule has 0 unspecified atom stereocenters. The maximum Gasteiger partial charge on any atom is 0.270 e. The molecule has 0 saturated carbocycles. The molecule has 0 spiro atoms. The lowest BCUT2D eigenvalue weighted by molar-refractivity contribution is -0.384. The van der Waals surface area contributed by atoms with Crippen molar-refractivity contribution < 1.29 is 14.5 Å². The van der Waals surface area contributed by atoms with Gasteiger partial charge < -0.3 is 10.6 Å². The monoisotopic (exact) mass is 478 g/mol. The van der Waals surface area contributed by atoms with E-state index in [2.05, 4.69) is 15.6 Å². The van der Waals surface area contributed by atoms with E-state index in [4.69, 9.17) is 0 Å². The van der Waals surface area contributed by atoms with Crippen LogP contribution in [0, 0.1) is 17.0 Å². The summed E-state index contributed by atoms with van der Waals surface area (Å²) in [4.78, 5) is 40.4. The Kier molecular flexibility index (Phi) is 6.66. The molecule has 33 heavy (non-hydrogen) atoms. The fourth-order valence-corrected chi connectivity index (χ4v) is 4.75. The Balaban J connectivity index is 1.35. The number of aromatic nitrogens is 1. The summed E-state index contributed by atoms with van der Waals surface area (Å²) in [7, 11) is 0. The van der Waals surface area contributed by atoms with Crippen molar-refractivity contribution in [2.24, 2.45) is 0 Å². The van der Waals surface area contributed by atoms with Gasteiger partial charge in [0.05, 0.1) is 20.9 Å². The van der Waals surface area contributed by atoms with Gasteiger partial charge in [-0.3, -0.25) is 19.7 Å². The van der Waals surface area contributed by atoms with Crippen molar-refractivity contribution in [2.75, 3.05) is 16.4 Å². The van der Waals surface area contributed by atoms with Crippen molar-refractivity contribution >= 4 is 61.6 Å². The van der Waals surface area contributed by atoms with Gasteiger partial charge in [-0.2, -0.15) is 0 Å². The lowest BCUT2D eigenvalue weighted by Crippen LogP contribution is -2.14. The number of carbonyl (C=O) groups excluding carboxylic acids is 2. The van der Waals surface area contributed by atoms with Gasteiger partial charge in [0.25, 0.3) is 11.6 Å². The Bertz CT molecular complexity index is 1370. The van der Waals surface area contributed by atoms with Crippen LogP contribution in [0.2, 0.25) is 0 Å². The second-order valence-electron chi connectivity index (χ2n) is 7.12. The molecular formula is C23H18N4O4S2. The van der Waals surface area contributed by atoms with Crippen molar-refractivity contribution in [3.05, 3.63) is 88.0 Å². The zero-order valence-corrected chi connectivity index (χ0v) is 19.0. The smallest absolute Gasteiger partial charge is 0.270 e. The number of hydrogen-bond donors (Lipinski definition) is 2. The molecule has 0 saturated heterocycles. The van der Waals surface area contributed by atoms with Gasteiger partial charge in [-0.15, -0.1) is 11.8 Å². The van der Waals surface area contributed by atoms with Crippen LogP contribution < -0.4 is 10.6 Å². The van der Waals surface area contributed by atoms with Gasteiger partial charge in [-0.1, -0.05) is 29.5 Å². The number of thiazole rings is 1. The van der Waals surface area contributed by atoms with Gasteiger partial charge in [-0.05, 0) is 48.9 Å². The molecule has 0 aliphatic carbocycles. The summed E-state index contributed by atoms with van der Waals surface area (Å²) in [5, 5.41) is 17.0. The summed E-state index contributed by atoms with van der Waals surface area (Å²) in [5.41, 5.74) is 2.55. The number of nitrogens with one attached hydrogen (secondary N) is 2. The van der Waals surface area contributed by atoms with Crippen molar-refractivity contribution in [3.8, 4) is 0 Å². The first kappa shape index (κ1) is 22.4. The molecule has 8 nitrogen and oxygen atoms in total. The van der Waals surface area contributed by atoms with Crippen molar-refractivity contribution in [3.63, 3.8) is 0 Å². The number of aryl methyl sites for hydroxylation is 1. The summed E-state index contributed by atoms with van der Waals surface area (Å²) >= 11 is 2.75. The third-order valence-corrected chi connectivity index (χ3v) is 6.50. The highest BCUT2D eigenvalue weighted by atomic mass is 32.2. The fourth-order valence-electron chi connectivity index (χ4n) is 3.02. The number of anilines is 2. The third kappa shape index (κ3) is 5.73. The molecule has 0 fully saturated rings. The number of nitro groups is 1. The van der Waals surface area contributed by atoms with Gasteiger partial charge in [0.2, 0.25) is 5.91 Å². The van der Waals surface area contributed by atoms with Crippen LogP contribution in [0.5, 0.6) is 0 Å². The number of carbonyl (C=O) groups is 2. The maximum atomic E-state index is 12.5. The lowest BCUT2D eigenvalue weighted by atomic mass is 10.2. The Hall–Kier alpha value is -3.76. The second-order valence-corrected chi connectivity index (χ2v) is 9.20. The SMILES string of the molecule is Cc1ccc2nc(NC(=O)CSc3cccc(NC(=O)c4cccc([N+](=O)[O-])c4)c3)sc2c1. The van der Waals surface area contributed by atoms with Gasteiger partial charge in [0, 0.05) is 28.3 Å². The van der Waals surface area contributed by atoms with Crippen LogP contribution in [0.3, 0.4) is 0 Å². The first-order chi connectivity index (χ1) is 15.9. The van der Waals surface area contributed by atoms with Crippen LogP contribution in [0.25, 0.3) is 10.2 Å². The minimum Gasteiger partial charge on any atom is -0.322 e. The van der Waals surface area contributed by atoms with Gasteiger partial charge in [0.15, 0.2) is 5.13 Å². The number of nitrogens with zero attached hydrogens (tertiary/aromatic N) is 2. The van der Waals surface area contributed by atoms with Crippen molar-refractivity contribution in [1.82, 2.24) is 4.98 Å². The van der Waals surface area contributed by atoms with Crippen LogP contribution in [0.15, 0.2) is 71.6 Å². The Morgan fingerprint density at radius 1 is 1.06 bits per heavy atom. The summed E-state index contributed by atoms with van der Waals surface area (Å²) in [6.07, 6.45) is 0. The Morgan fingerprint density at radius 3 is 2.70 bits per heavy atom. The molecule has 166 valence electrons. The number of fused-ring (bicyclic) bond motifs is 1. The molecule has 4 aromatic rings. The van der Waals surface area contributed by atoms with Gasteiger partial charge in [0.1, 0.15) is 0 Å². The number of thioether (sulfide) groups is 1. The highest BCUT2D eigenvalue weighted by Gasteiger charge is 2.13. The number of amides is 2. The summed E-state index contributed by atoms with van der Waals surface area (Å²) in [6.45, 7) is 2.01. The van der Waals surface area contributed by atoms with Crippen molar-refractivity contribution in [2.45, 2.75) is 11.8 Å². The lowest BCUT2D eigenvalue weighted by Gasteiger charge is -2.07. The summed E-state index contributed by atoms with van der Waals surface area (Å²) < 4.78 is 1.02. The average molecular weight is 479 g/mol. The van der Waals surface area contributed by atoms with E-state index in [1.807, 2.05) is 31.2 Å². The van der Waals surface area contributed by atoms with E-state index in [1.165, 1.54) is 47.4 Å². The van der Waals surface area contributed by atoms with E-state index in [0.29, 0.717) is 10.8 Å². The number of benzene rings is 3. The zero-order valence-electron chi connectivity index (χ0n) is 17.4. The largest absolute Gasteiger partial charge is 0.322 e. The minimum atomic E-state index is -0.547. The van der Waals surface area contributed by atoms with E-state index in [0.717, 1.165) is 20.7 Å². The highest BCUT2D eigenvalue weighted by molar-refractivity contribution is 8.00.